The first-order chi connectivity index (χ1) is 6.61. The molecule has 0 fully saturated rings. The molecule has 0 atom stereocenters. The minimum Gasteiger partial charge on any atom is -0.480 e. The lowest BCUT2D eigenvalue weighted by Crippen LogP contribution is -2.14. The van der Waals surface area contributed by atoms with Crippen LogP contribution in [0.3, 0.4) is 0 Å². The van der Waals surface area contributed by atoms with Gasteiger partial charge in [0.2, 0.25) is 5.95 Å². The van der Waals surface area contributed by atoms with Crippen molar-refractivity contribution in [3.63, 3.8) is 0 Å². The average Bonchev–Trinajstić information content (AvgIpc) is 2.14. The van der Waals surface area contributed by atoms with Gasteiger partial charge >= 0.3 is 5.97 Å². The third-order valence-electron chi connectivity index (χ3n) is 1.37. The number of carbonyl (C=O) groups is 1. The van der Waals surface area contributed by atoms with Gasteiger partial charge in [-0.15, -0.1) is 0 Å². The third-order valence-corrected chi connectivity index (χ3v) is 1.37. The monoisotopic (exact) mass is 192 g/mol. The molecule has 0 bridgehead atoms. The maximum atomic E-state index is 10.2. The maximum absolute atomic E-state index is 10.2. The summed E-state index contributed by atoms with van der Waals surface area (Å²) in [5.41, 5.74) is 0.829. The summed E-state index contributed by atoms with van der Waals surface area (Å²) in [5.74, 6) is -0.849. The molecule has 14 heavy (non-hydrogen) atoms. The zero-order valence-corrected chi connectivity index (χ0v) is 7.48. The van der Waals surface area contributed by atoms with Gasteiger partial charge in [-0.1, -0.05) is 0 Å². The summed E-state index contributed by atoms with van der Waals surface area (Å²) in [5, 5.41) is 19.5. The fraction of sp³-hybridized carbons (Fsp3) is 0.250. The summed E-state index contributed by atoms with van der Waals surface area (Å²) in [6, 6.07) is 3.38. The van der Waals surface area contributed by atoms with Crippen LogP contribution in [0.4, 0.5) is 5.95 Å². The van der Waals surface area contributed by atoms with Gasteiger partial charge < -0.3 is 10.4 Å². The van der Waals surface area contributed by atoms with E-state index >= 15 is 0 Å². The number of carboxylic acids is 1. The van der Waals surface area contributed by atoms with Crippen molar-refractivity contribution in [2.45, 2.75) is 6.92 Å². The molecule has 2 N–H and O–H groups in total. The van der Waals surface area contributed by atoms with Crippen molar-refractivity contribution in [1.82, 2.24) is 9.97 Å². The number of nitriles is 1. The van der Waals surface area contributed by atoms with E-state index in [1.807, 2.05) is 6.07 Å². The second kappa shape index (κ2) is 4.18. The lowest BCUT2D eigenvalue weighted by atomic mass is 10.3. The van der Waals surface area contributed by atoms with Gasteiger partial charge in [0.15, 0.2) is 0 Å². The van der Waals surface area contributed by atoms with E-state index in [-0.39, 0.29) is 18.2 Å². The zero-order chi connectivity index (χ0) is 10.6. The second-order valence-corrected chi connectivity index (χ2v) is 2.58. The quantitative estimate of drug-likeness (QED) is 0.707. The Labute approximate surface area is 80.2 Å². The first kappa shape index (κ1) is 9.92. The smallest absolute Gasteiger partial charge is 0.322 e. The predicted octanol–water partition coefficient (Wildman–Crippen LogP) is 0.153. The van der Waals surface area contributed by atoms with E-state index in [0.717, 1.165) is 0 Å². The summed E-state index contributed by atoms with van der Waals surface area (Å²) >= 11 is 0. The van der Waals surface area contributed by atoms with Crippen molar-refractivity contribution >= 4 is 11.9 Å². The largest absolute Gasteiger partial charge is 0.480 e. The first-order valence-corrected chi connectivity index (χ1v) is 3.83. The van der Waals surface area contributed by atoms with Gasteiger partial charge in [-0.2, -0.15) is 5.26 Å². The highest BCUT2D eigenvalue weighted by atomic mass is 16.4. The minimum atomic E-state index is -1.01. The van der Waals surface area contributed by atoms with Crippen molar-refractivity contribution < 1.29 is 9.90 Å². The van der Waals surface area contributed by atoms with Crippen molar-refractivity contribution in [1.29, 1.82) is 5.26 Å². The number of hydrogen-bond donors (Lipinski definition) is 2. The predicted molar refractivity (Wildman–Crippen MR) is 47.6 cm³/mol. The molecule has 0 aliphatic rings. The molecule has 0 amide bonds. The second-order valence-electron chi connectivity index (χ2n) is 2.58. The molecule has 0 saturated heterocycles. The summed E-state index contributed by atoms with van der Waals surface area (Å²) in [6.45, 7) is 1.43. The van der Waals surface area contributed by atoms with E-state index in [9.17, 15) is 4.79 Å². The maximum Gasteiger partial charge on any atom is 0.322 e. The number of aryl methyl sites for hydroxylation is 1. The highest BCUT2D eigenvalue weighted by Crippen LogP contribution is 2.02. The Hall–Kier alpha value is -2.16. The fourth-order valence-electron chi connectivity index (χ4n) is 0.860. The van der Waals surface area contributed by atoms with Gasteiger partial charge in [-0.05, 0) is 13.0 Å². The molecule has 6 heteroatoms. The number of nitrogens with zero attached hydrogens (tertiary/aromatic N) is 3. The molecule has 1 aromatic heterocycles. The number of anilines is 1. The van der Waals surface area contributed by atoms with Gasteiger partial charge in [0.1, 0.15) is 18.3 Å². The molecule has 0 aliphatic heterocycles. The van der Waals surface area contributed by atoms with E-state index in [0.29, 0.717) is 5.69 Å². The van der Waals surface area contributed by atoms with Crippen LogP contribution in [0.5, 0.6) is 0 Å². The SMILES string of the molecule is Cc1cc(C#N)nc(NCC(=O)O)n1. The molecule has 0 aromatic carbocycles. The van der Waals surface area contributed by atoms with Crippen molar-refractivity contribution in [3.05, 3.63) is 17.5 Å². The average molecular weight is 192 g/mol. The van der Waals surface area contributed by atoms with Crippen LogP contribution in [0.2, 0.25) is 0 Å². The first-order valence-electron chi connectivity index (χ1n) is 3.83. The number of carboxylic acid groups (broad SMARTS) is 1. The zero-order valence-electron chi connectivity index (χ0n) is 7.48. The van der Waals surface area contributed by atoms with Crippen molar-refractivity contribution in [3.8, 4) is 6.07 Å². The standard InChI is InChI=1S/C8H8N4O2/c1-5-2-6(3-9)12-8(11-5)10-4-7(13)14/h2H,4H2,1H3,(H,13,14)(H,10,11,12). The van der Waals surface area contributed by atoms with E-state index in [4.69, 9.17) is 10.4 Å². The van der Waals surface area contributed by atoms with Crippen LogP contribution in [0, 0.1) is 18.3 Å². The third kappa shape index (κ3) is 2.71. The summed E-state index contributed by atoms with van der Waals surface area (Å²) in [6.07, 6.45) is 0. The molecule has 1 heterocycles. The molecule has 1 rings (SSSR count). The van der Waals surface area contributed by atoms with Crippen LogP contribution in [0.25, 0.3) is 0 Å². The number of rotatable bonds is 3. The molecule has 0 spiro atoms. The fourth-order valence-corrected chi connectivity index (χ4v) is 0.860. The normalized spacial score (nSPS) is 9.14. The summed E-state index contributed by atoms with van der Waals surface area (Å²) < 4.78 is 0. The lowest BCUT2D eigenvalue weighted by molar-refractivity contribution is -0.134. The lowest BCUT2D eigenvalue weighted by Gasteiger charge is -2.02. The van der Waals surface area contributed by atoms with E-state index in [1.165, 1.54) is 6.07 Å². The summed E-state index contributed by atoms with van der Waals surface area (Å²) in [4.78, 5) is 17.9. The van der Waals surface area contributed by atoms with Crippen molar-refractivity contribution in [2.75, 3.05) is 11.9 Å². The Morgan fingerprint density at radius 1 is 1.71 bits per heavy atom. The molecule has 0 aliphatic carbocycles. The van der Waals surface area contributed by atoms with Gasteiger partial charge in [-0.25, -0.2) is 9.97 Å². The molecule has 0 saturated carbocycles. The number of aliphatic carboxylic acids is 1. The Morgan fingerprint density at radius 2 is 2.43 bits per heavy atom. The highest BCUT2D eigenvalue weighted by Gasteiger charge is 2.02. The number of hydrogen-bond acceptors (Lipinski definition) is 5. The molecule has 72 valence electrons. The Bertz CT molecular complexity index is 397. The minimum absolute atomic E-state index is 0.156. The Kier molecular flexibility index (Phi) is 2.97. The Balaban J connectivity index is 2.82. The van der Waals surface area contributed by atoms with Crippen LogP contribution in [0.15, 0.2) is 6.07 Å². The molecular formula is C8H8N4O2. The number of nitrogens with one attached hydrogen (secondary N) is 1. The molecule has 0 radical (unpaired) electrons. The molecule has 1 aromatic rings. The van der Waals surface area contributed by atoms with Gasteiger partial charge in [-0.3, -0.25) is 4.79 Å². The van der Waals surface area contributed by atoms with Crippen LogP contribution >= 0.6 is 0 Å². The van der Waals surface area contributed by atoms with Crippen LogP contribution in [-0.2, 0) is 4.79 Å². The van der Waals surface area contributed by atoms with Crippen LogP contribution in [0.1, 0.15) is 11.4 Å². The van der Waals surface area contributed by atoms with E-state index < -0.39 is 5.97 Å². The topological polar surface area (TPSA) is 98.9 Å². The molecule has 6 nitrogen and oxygen atoms in total. The van der Waals surface area contributed by atoms with E-state index in [2.05, 4.69) is 15.3 Å². The van der Waals surface area contributed by atoms with Gasteiger partial charge in [0, 0.05) is 5.69 Å². The van der Waals surface area contributed by atoms with Crippen LogP contribution in [-0.4, -0.2) is 27.6 Å². The van der Waals surface area contributed by atoms with Crippen molar-refractivity contribution in [2.24, 2.45) is 0 Å². The molecular weight excluding hydrogens is 184 g/mol. The van der Waals surface area contributed by atoms with Gasteiger partial charge in [0.25, 0.3) is 0 Å². The Morgan fingerprint density at radius 3 is 3.00 bits per heavy atom. The van der Waals surface area contributed by atoms with Crippen LogP contribution < -0.4 is 5.32 Å². The number of aromatic nitrogens is 2. The van der Waals surface area contributed by atoms with Gasteiger partial charge in [0.05, 0.1) is 0 Å². The molecule has 0 unspecified atom stereocenters. The summed E-state index contributed by atoms with van der Waals surface area (Å²) in [7, 11) is 0. The van der Waals surface area contributed by atoms with E-state index in [1.54, 1.807) is 6.92 Å². The highest BCUT2D eigenvalue weighted by molar-refractivity contribution is 5.71.